The topological polar surface area (TPSA) is 26.7 Å². The number of para-hydroxylation sites is 1. The number of rotatable bonds is 1. The highest BCUT2D eigenvalue weighted by Gasteiger charge is 2.41. The highest BCUT2D eigenvalue weighted by Crippen LogP contribution is 2.38. The Labute approximate surface area is 121 Å². The van der Waals surface area contributed by atoms with Crippen LogP contribution in [-0.2, 0) is 0 Å². The normalized spacial score (nSPS) is 26.9. The molecule has 0 aliphatic carbocycles. The van der Waals surface area contributed by atoms with Crippen molar-refractivity contribution in [2.24, 2.45) is 5.41 Å². The van der Waals surface area contributed by atoms with Crippen molar-refractivity contribution < 1.29 is 5.11 Å². The molecule has 1 N–H and O–H groups in total. The number of aromatic hydroxyl groups is 1. The standard InChI is InChI=1S/C17H22N2O/c1-18-11-8-17(13-18)9-12-19(14-17)10-4-6-15-5-2-3-7-16(15)20/h2-3,5,7,20H,8-14H2,1H3. The molecule has 0 bridgehead atoms. The quantitative estimate of drug-likeness (QED) is 0.788. The fourth-order valence-electron chi connectivity index (χ4n) is 3.48. The molecule has 0 amide bonds. The molecule has 2 heterocycles. The van der Waals surface area contributed by atoms with Crippen LogP contribution in [0.15, 0.2) is 24.3 Å². The van der Waals surface area contributed by atoms with E-state index in [1.807, 2.05) is 18.2 Å². The van der Waals surface area contributed by atoms with Gasteiger partial charge in [0.25, 0.3) is 0 Å². The second kappa shape index (κ2) is 5.47. The van der Waals surface area contributed by atoms with Crippen LogP contribution in [0.1, 0.15) is 18.4 Å². The molecule has 2 fully saturated rings. The van der Waals surface area contributed by atoms with Crippen LogP contribution in [0.5, 0.6) is 5.75 Å². The molecule has 3 rings (SSSR count). The van der Waals surface area contributed by atoms with E-state index >= 15 is 0 Å². The van der Waals surface area contributed by atoms with Crippen LogP contribution in [-0.4, -0.2) is 54.7 Å². The second-order valence-electron chi connectivity index (χ2n) is 6.27. The lowest BCUT2D eigenvalue weighted by molar-refractivity contribution is 0.269. The highest BCUT2D eigenvalue weighted by atomic mass is 16.3. The number of hydrogen-bond acceptors (Lipinski definition) is 3. The molecule has 2 aliphatic rings. The Balaban J connectivity index is 1.57. The van der Waals surface area contributed by atoms with E-state index < -0.39 is 0 Å². The first-order valence-electron chi connectivity index (χ1n) is 7.35. The molecule has 1 aromatic rings. The van der Waals surface area contributed by atoms with E-state index in [1.165, 1.54) is 32.5 Å². The van der Waals surface area contributed by atoms with Crippen LogP contribution >= 0.6 is 0 Å². The van der Waals surface area contributed by atoms with Gasteiger partial charge in [0.05, 0.1) is 12.1 Å². The Bertz CT molecular complexity index is 545. The number of hydrogen-bond donors (Lipinski definition) is 1. The Morgan fingerprint density at radius 1 is 1.20 bits per heavy atom. The summed E-state index contributed by atoms with van der Waals surface area (Å²) in [7, 11) is 2.22. The predicted octanol–water partition coefficient (Wildman–Crippen LogP) is 1.77. The van der Waals surface area contributed by atoms with Gasteiger partial charge >= 0.3 is 0 Å². The molecule has 1 atom stereocenters. The first-order valence-corrected chi connectivity index (χ1v) is 7.35. The minimum Gasteiger partial charge on any atom is -0.507 e. The summed E-state index contributed by atoms with van der Waals surface area (Å²) in [5.74, 6) is 6.55. The predicted molar refractivity (Wildman–Crippen MR) is 80.6 cm³/mol. The second-order valence-corrected chi connectivity index (χ2v) is 6.27. The summed E-state index contributed by atoms with van der Waals surface area (Å²) in [4.78, 5) is 4.89. The fraction of sp³-hybridized carbons (Fsp3) is 0.529. The van der Waals surface area contributed by atoms with Crippen LogP contribution in [0, 0.1) is 17.3 Å². The zero-order valence-electron chi connectivity index (χ0n) is 12.1. The van der Waals surface area contributed by atoms with Crippen molar-refractivity contribution in [1.82, 2.24) is 9.80 Å². The van der Waals surface area contributed by atoms with E-state index in [9.17, 15) is 5.11 Å². The van der Waals surface area contributed by atoms with Crippen LogP contribution in [0.2, 0.25) is 0 Å². The monoisotopic (exact) mass is 270 g/mol. The van der Waals surface area contributed by atoms with E-state index in [4.69, 9.17) is 0 Å². The van der Waals surface area contributed by atoms with Gasteiger partial charge in [-0.1, -0.05) is 24.0 Å². The van der Waals surface area contributed by atoms with E-state index in [1.54, 1.807) is 6.07 Å². The zero-order chi connectivity index (χ0) is 14.0. The maximum absolute atomic E-state index is 9.68. The van der Waals surface area contributed by atoms with E-state index in [2.05, 4.69) is 28.7 Å². The molecule has 3 nitrogen and oxygen atoms in total. The lowest BCUT2D eigenvalue weighted by atomic mass is 9.86. The van der Waals surface area contributed by atoms with Gasteiger partial charge in [-0.3, -0.25) is 4.90 Å². The van der Waals surface area contributed by atoms with Gasteiger partial charge in [-0.15, -0.1) is 0 Å². The number of benzene rings is 1. The molecular formula is C17H22N2O. The van der Waals surface area contributed by atoms with Crippen LogP contribution < -0.4 is 0 Å². The number of phenolic OH excluding ortho intramolecular Hbond substituents is 1. The summed E-state index contributed by atoms with van der Waals surface area (Å²) >= 11 is 0. The molecular weight excluding hydrogens is 248 g/mol. The Morgan fingerprint density at radius 3 is 2.75 bits per heavy atom. The molecule has 0 radical (unpaired) electrons. The third kappa shape index (κ3) is 2.82. The van der Waals surface area contributed by atoms with Gasteiger partial charge in [0.15, 0.2) is 0 Å². The lowest BCUT2D eigenvalue weighted by Gasteiger charge is -2.22. The van der Waals surface area contributed by atoms with Crippen LogP contribution in [0.4, 0.5) is 0 Å². The SMILES string of the molecule is CN1CCC2(CCN(CC#Cc3ccccc3O)C2)C1. The summed E-state index contributed by atoms with van der Waals surface area (Å²) in [5, 5.41) is 9.68. The van der Waals surface area contributed by atoms with Crippen molar-refractivity contribution >= 4 is 0 Å². The molecule has 1 spiro atoms. The Hall–Kier alpha value is -1.50. The smallest absolute Gasteiger partial charge is 0.131 e. The minimum atomic E-state index is 0.273. The molecule has 2 aliphatic heterocycles. The molecule has 106 valence electrons. The van der Waals surface area contributed by atoms with Crippen molar-refractivity contribution in [2.45, 2.75) is 12.8 Å². The van der Waals surface area contributed by atoms with Crippen LogP contribution in [0.3, 0.4) is 0 Å². The molecule has 20 heavy (non-hydrogen) atoms. The summed E-state index contributed by atoms with van der Waals surface area (Å²) in [6.07, 6.45) is 2.63. The lowest BCUT2D eigenvalue weighted by Crippen LogP contribution is -2.29. The van der Waals surface area contributed by atoms with Crippen molar-refractivity contribution in [1.29, 1.82) is 0 Å². The first kappa shape index (κ1) is 13.5. The van der Waals surface area contributed by atoms with Crippen molar-refractivity contribution in [3.8, 4) is 17.6 Å². The molecule has 0 saturated carbocycles. The van der Waals surface area contributed by atoms with Gasteiger partial charge in [0, 0.05) is 13.1 Å². The highest BCUT2D eigenvalue weighted by molar-refractivity contribution is 5.44. The minimum absolute atomic E-state index is 0.273. The molecule has 1 aromatic carbocycles. The van der Waals surface area contributed by atoms with Gasteiger partial charge in [-0.05, 0) is 50.5 Å². The zero-order valence-corrected chi connectivity index (χ0v) is 12.1. The largest absolute Gasteiger partial charge is 0.507 e. The Morgan fingerprint density at radius 2 is 2.00 bits per heavy atom. The third-order valence-corrected chi connectivity index (χ3v) is 4.58. The number of nitrogens with zero attached hydrogens (tertiary/aromatic N) is 2. The first-order chi connectivity index (χ1) is 9.67. The molecule has 0 aromatic heterocycles. The van der Waals surface area contributed by atoms with E-state index in [0.717, 1.165) is 18.7 Å². The van der Waals surface area contributed by atoms with E-state index in [-0.39, 0.29) is 5.75 Å². The summed E-state index contributed by atoms with van der Waals surface area (Å²) in [6, 6.07) is 7.27. The maximum atomic E-state index is 9.68. The van der Waals surface area contributed by atoms with Crippen molar-refractivity contribution in [3.63, 3.8) is 0 Å². The van der Waals surface area contributed by atoms with Gasteiger partial charge in [-0.2, -0.15) is 0 Å². The molecule has 1 unspecified atom stereocenters. The number of phenols is 1. The van der Waals surface area contributed by atoms with Crippen LogP contribution in [0.25, 0.3) is 0 Å². The van der Waals surface area contributed by atoms with Gasteiger partial charge in [0.2, 0.25) is 0 Å². The van der Waals surface area contributed by atoms with Gasteiger partial charge in [0.1, 0.15) is 5.75 Å². The average molecular weight is 270 g/mol. The summed E-state index contributed by atoms with van der Waals surface area (Å²) < 4.78 is 0. The number of likely N-dealkylation sites (tertiary alicyclic amines) is 2. The van der Waals surface area contributed by atoms with Gasteiger partial charge < -0.3 is 10.0 Å². The third-order valence-electron chi connectivity index (χ3n) is 4.58. The summed E-state index contributed by atoms with van der Waals surface area (Å²) in [6.45, 7) is 5.60. The van der Waals surface area contributed by atoms with E-state index in [0.29, 0.717) is 5.41 Å². The average Bonchev–Trinajstić information content (AvgIpc) is 2.99. The van der Waals surface area contributed by atoms with Crippen molar-refractivity contribution in [3.05, 3.63) is 29.8 Å². The molecule has 3 heteroatoms. The summed E-state index contributed by atoms with van der Waals surface area (Å²) in [5.41, 5.74) is 1.24. The van der Waals surface area contributed by atoms with Crippen molar-refractivity contribution in [2.75, 3.05) is 39.8 Å². The molecule has 2 saturated heterocycles. The fourth-order valence-corrected chi connectivity index (χ4v) is 3.48. The van der Waals surface area contributed by atoms with Gasteiger partial charge in [-0.25, -0.2) is 0 Å². The maximum Gasteiger partial charge on any atom is 0.131 e. The Kier molecular flexibility index (Phi) is 3.69.